The minimum atomic E-state index is -1.87. The Kier molecular flexibility index (Phi) is 24.3. The van der Waals surface area contributed by atoms with Gasteiger partial charge in [-0.1, -0.05) is 6.92 Å². The molecule has 440 valence electrons. The van der Waals surface area contributed by atoms with Crippen molar-refractivity contribution in [1.82, 2.24) is 0 Å². The minimum Gasteiger partial charge on any atom is -0.394 e. The van der Waals surface area contributed by atoms with Gasteiger partial charge in [-0.15, -0.1) is 0 Å². The fourth-order valence-corrected chi connectivity index (χ4v) is 10.6. The summed E-state index contributed by atoms with van der Waals surface area (Å²) < 4.78 is 67.8. The fourth-order valence-electron chi connectivity index (χ4n) is 10.6. The highest BCUT2D eigenvalue weighted by Crippen LogP contribution is 2.37. The van der Waals surface area contributed by atoms with E-state index in [1.54, 1.807) is 13.8 Å². The van der Waals surface area contributed by atoms with Crippen LogP contribution >= 0.6 is 0 Å². The summed E-state index contributed by atoms with van der Waals surface area (Å²) in [5, 5.41) is 192. The van der Waals surface area contributed by atoms with Crippen LogP contribution in [0, 0.1) is 35.5 Å². The molecule has 6 fully saturated rings. The van der Waals surface area contributed by atoms with E-state index in [4.69, 9.17) is 56.8 Å². The highest BCUT2D eigenvalue weighted by Gasteiger charge is 2.53. The number of hydrogen-bond acceptors (Lipinski definition) is 30. The summed E-state index contributed by atoms with van der Waals surface area (Å²) in [4.78, 5) is 0. The molecule has 6 heterocycles. The van der Waals surface area contributed by atoms with E-state index in [-0.39, 0.29) is 6.61 Å². The fraction of sp³-hybridized carbons (Fsp3) is 1.00. The Morgan fingerprint density at radius 1 is 0.253 bits per heavy atom. The van der Waals surface area contributed by atoms with Crippen molar-refractivity contribution in [2.24, 2.45) is 35.5 Å². The van der Waals surface area contributed by atoms with Crippen molar-refractivity contribution < 1.29 is 149 Å². The largest absolute Gasteiger partial charge is 0.394 e. The molecule has 6 saturated heterocycles. The number of aliphatic hydroxyl groups excluding tert-OH is 18. The minimum absolute atomic E-state index is 0.140. The van der Waals surface area contributed by atoms with Crippen molar-refractivity contribution in [1.29, 1.82) is 0 Å². The van der Waals surface area contributed by atoms with Gasteiger partial charge in [-0.2, -0.15) is 0 Å². The molecule has 0 aromatic rings. The third-order valence-corrected chi connectivity index (χ3v) is 15.3. The second-order valence-electron chi connectivity index (χ2n) is 19.8. The summed E-state index contributed by atoms with van der Waals surface area (Å²) in [7, 11) is 0. The van der Waals surface area contributed by atoms with Gasteiger partial charge in [0, 0.05) is 42.1 Å². The van der Waals surface area contributed by atoms with Crippen LogP contribution in [0.1, 0.15) is 20.3 Å². The maximum atomic E-state index is 11.2. The Labute approximate surface area is 430 Å². The molecule has 0 spiro atoms. The molecule has 30 nitrogen and oxygen atoms in total. The van der Waals surface area contributed by atoms with E-state index in [0.29, 0.717) is 6.42 Å². The zero-order valence-corrected chi connectivity index (χ0v) is 41.5. The summed E-state index contributed by atoms with van der Waals surface area (Å²) >= 11 is 0. The van der Waals surface area contributed by atoms with Gasteiger partial charge in [-0.3, -0.25) is 0 Å². The highest BCUT2D eigenvalue weighted by molar-refractivity contribution is 4.96. The third-order valence-electron chi connectivity index (χ3n) is 15.3. The number of aliphatic hydroxyl groups is 18. The lowest BCUT2D eigenvalue weighted by Gasteiger charge is -2.46. The Morgan fingerprint density at radius 2 is 0.427 bits per heavy atom. The van der Waals surface area contributed by atoms with E-state index < -0.39 is 256 Å². The normalized spacial score (nSPS) is 49.0. The van der Waals surface area contributed by atoms with Crippen LogP contribution in [0.4, 0.5) is 0 Å². The third kappa shape index (κ3) is 14.1. The van der Waals surface area contributed by atoms with Gasteiger partial charge in [0.05, 0.1) is 146 Å². The first-order chi connectivity index (χ1) is 35.8. The summed E-state index contributed by atoms with van der Waals surface area (Å²) in [5.41, 5.74) is 0. The van der Waals surface area contributed by atoms with E-state index in [0.717, 1.165) is 0 Å². The molecule has 30 atom stereocenters. The van der Waals surface area contributed by atoms with E-state index in [1.807, 2.05) is 0 Å². The summed E-state index contributed by atoms with van der Waals surface area (Å²) in [6.07, 6.45) is -36.1. The van der Waals surface area contributed by atoms with Crippen molar-refractivity contribution in [2.75, 3.05) is 79.3 Å². The molecule has 0 aromatic carbocycles. The SMILES string of the molecule is CCO[C@H]1O[C@H](CO)[C@@H](CO[C@H]2O[C@H](CO)[C@@H](CO[C@H]3O[C@H](CO)[C@@H](CO[C@H]4O[C@H](CO)[C@@H](CO[C@H]5O[C@H](CO)[C@@H](CO[C@H]6O[C@H](CO)[C@@H](CC)C(O)C6O)C(O)C5O)C(O)C4O)C(O)C3O)C(O)C2O)C(O)C1O. The average Bonchev–Trinajstić information content (AvgIpc) is 3.41. The van der Waals surface area contributed by atoms with Crippen LogP contribution in [0.15, 0.2) is 0 Å². The first-order valence-corrected chi connectivity index (χ1v) is 25.3. The molecule has 75 heavy (non-hydrogen) atoms. The van der Waals surface area contributed by atoms with E-state index >= 15 is 0 Å². The second-order valence-corrected chi connectivity index (χ2v) is 19.8. The molecule has 0 bridgehead atoms. The maximum absolute atomic E-state index is 11.2. The molecule has 0 saturated carbocycles. The maximum Gasteiger partial charge on any atom is 0.186 e. The molecule has 30 heteroatoms. The molecule has 0 radical (unpaired) electrons. The molecule has 0 aliphatic carbocycles. The van der Waals surface area contributed by atoms with E-state index in [9.17, 15) is 91.9 Å². The van der Waals surface area contributed by atoms with E-state index in [1.165, 1.54) is 0 Å². The van der Waals surface area contributed by atoms with Crippen molar-refractivity contribution >= 4 is 0 Å². The molecule has 6 aliphatic heterocycles. The summed E-state index contributed by atoms with van der Waals surface area (Å²) in [6.45, 7) is -3.27. The van der Waals surface area contributed by atoms with Crippen LogP contribution in [0.5, 0.6) is 0 Å². The predicted octanol–water partition coefficient (Wildman–Crippen LogP) is -10.2. The Morgan fingerprint density at radius 3 is 0.600 bits per heavy atom. The molecule has 12 unspecified atom stereocenters. The Hall–Kier alpha value is -1.20. The van der Waals surface area contributed by atoms with Gasteiger partial charge in [-0.05, 0) is 13.3 Å². The van der Waals surface area contributed by atoms with Gasteiger partial charge >= 0.3 is 0 Å². The van der Waals surface area contributed by atoms with Crippen LogP contribution in [0.2, 0.25) is 0 Å². The molecule has 6 rings (SSSR count). The first-order valence-electron chi connectivity index (χ1n) is 25.3. The molecule has 18 N–H and O–H groups in total. The van der Waals surface area contributed by atoms with Crippen molar-refractivity contribution in [3.05, 3.63) is 0 Å². The lowest BCUT2D eigenvalue weighted by Crippen LogP contribution is -2.62. The average molecular weight is 1100 g/mol. The Bertz CT molecular complexity index is 1640. The predicted molar refractivity (Wildman–Crippen MR) is 239 cm³/mol. The molecule has 0 aromatic heterocycles. The molecular formula is C45H80O30. The molecule has 0 amide bonds. The highest BCUT2D eigenvalue weighted by atomic mass is 16.7. The van der Waals surface area contributed by atoms with E-state index in [2.05, 4.69) is 0 Å². The number of ether oxygens (including phenoxy) is 12. The van der Waals surface area contributed by atoms with Crippen molar-refractivity contribution in [2.45, 2.75) is 168 Å². The van der Waals surface area contributed by atoms with Crippen LogP contribution in [0.3, 0.4) is 0 Å². The number of rotatable bonds is 24. The van der Waals surface area contributed by atoms with Gasteiger partial charge in [-0.25, -0.2) is 0 Å². The monoisotopic (exact) mass is 1100 g/mol. The number of hydrogen-bond donors (Lipinski definition) is 18. The summed E-state index contributed by atoms with van der Waals surface area (Å²) in [5.74, 6) is -6.49. The van der Waals surface area contributed by atoms with Crippen LogP contribution < -0.4 is 0 Å². The molecular weight excluding hydrogens is 1020 g/mol. The lowest BCUT2D eigenvalue weighted by molar-refractivity contribution is -0.338. The van der Waals surface area contributed by atoms with Gasteiger partial charge < -0.3 is 149 Å². The first kappa shape index (κ1) is 63.0. The van der Waals surface area contributed by atoms with Crippen molar-refractivity contribution in [3.63, 3.8) is 0 Å². The van der Waals surface area contributed by atoms with Crippen LogP contribution in [-0.4, -0.2) is 319 Å². The van der Waals surface area contributed by atoms with Crippen molar-refractivity contribution in [3.8, 4) is 0 Å². The van der Waals surface area contributed by atoms with Gasteiger partial charge in [0.2, 0.25) is 0 Å². The van der Waals surface area contributed by atoms with Gasteiger partial charge in [0.15, 0.2) is 37.7 Å². The zero-order chi connectivity index (χ0) is 55.0. The smallest absolute Gasteiger partial charge is 0.186 e. The summed E-state index contributed by atoms with van der Waals surface area (Å²) in [6, 6.07) is 0. The second kappa shape index (κ2) is 29.0. The Balaban J connectivity index is 0.975. The standard InChI is InChI=1S/C45H80O30/c1-3-16-22(5-46)70-41(34(58)28(16)52)65-12-18-24(7-48)72-43(36(60)30(18)54)67-14-20-26(9-50)74-45(38(62)32(20)56)69-15-21-27(10-51)75-44(39(63)33(21)57)68-13-19-25(8-49)73-42(37(61)31(19)55)66-11-17-23(6-47)71-40(64-4-2)35(59)29(17)53/h16-63H,3-15H2,1-2H3/t16-,17-,18-,19-,20-,21-,22-,23-,24-,25-,26-,27-,28?,29?,30?,31?,32?,33?,34?,35?,36?,37?,38?,39?,40+,41+,42+,43+,44+,45+/m1/s1. The molecule has 6 aliphatic rings. The van der Waals surface area contributed by atoms with Crippen LogP contribution in [-0.2, 0) is 56.8 Å². The topological polar surface area (TPSA) is 475 Å². The zero-order valence-electron chi connectivity index (χ0n) is 41.5. The van der Waals surface area contributed by atoms with Gasteiger partial charge in [0.25, 0.3) is 0 Å². The van der Waals surface area contributed by atoms with Crippen LogP contribution in [0.25, 0.3) is 0 Å². The lowest BCUT2D eigenvalue weighted by atomic mass is 9.87. The quantitative estimate of drug-likeness (QED) is 0.0427. The van der Waals surface area contributed by atoms with Gasteiger partial charge in [0.1, 0.15) is 36.6 Å².